The zero-order valence-corrected chi connectivity index (χ0v) is 14.3. The number of amides is 1. The van der Waals surface area contributed by atoms with Crippen LogP contribution < -0.4 is 5.32 Å². The molecule has 130 valence electrons. The highest BCUT2D eigenvalue weighted by molar-refractivity contribution is 6.33. The number of carbonyl (C=O) groups is 1. The van der Waals surface area contributed by atoms with Gasteiger partial charge in [0, 0.05) is 0 Å². The van der Waals surface area contributed by atoms with E-state index >= 15 is 0 Å². The van der Waals surface area contributed by atoms with Gasteiger partial charge in [-0.3, -0.25) is 10.1 Å². The van der Waals surface area contributed by atoms with E-state index < -0.39 is 11.7 Å². The van der Waals surface area contributed by atoms with Crippen molar-refractivity contribution in [3.63, 3.8) is 0 Å². The number of hydrogen-bond acceptors (Lipinski definition) is 4. The average Bonchev–Trinajstić information content (AvgIpc) is 3.17. The molecule has 0 aliphatic carbocycles. The number of aromatic nitrogens is 3. The van der Waals surface area contributed by atoms with Crippen LogP contribution in [0.25, 0.3) is 22.3 Å². The largest absolute Gasteiger partial charge is 0.360 e. The summed E-state index contributed by atoms with van der Waals surface area (Å²) in [6.45, 7) is 1.57. The first-order valence-corrected chi connectivity index (χ1v) is 8.09. The van der Waals surface area contributed by atoms with Gasteiger partial charge in [-0.05, 0) is 31.2 Å². The summed E-state index contributed by atoms with van der Waals surface area (Å²) in [7, 11) is 0. The van der Waals surface area contributed by atoms with E-state index in [2.05, 4.69) is 20.4 Å². The summed E-state index contributed by atoms with van der Waals surface area (Å²) in [6, 6.07) is 11.6. The van der Waals surface area contributed by atoms with Crippen molar-refractivity contribution in [3.8, 4) is 11.3 Å². The van der Waals surface area contributed by atoms with Crippen molar-refractivity contribution in [1.82, 2.24) is 15.1 Å². The molecule has 2 N–H and O–H groups in total. The maximum Gasteiger partial charge on any atom is 0.263 e. The maximum absolute atomic E-state index is 14.2. The summed E-state index contributed by atoms with van der Waals surface area (Å²) in [5, 5.41) is 6.61. The van der Waals surface area contributed by atoms with Gasteiger partial charge >= 0.3 is 0 Å². The van der Waals surface area contributed by atoms with Crippen LogP contribution in [0.2, 0.25) is 5.02 Å². The molecule has 0 atom stereocenters. The van der Waals surface area contributed by atoms with Gasteiger partial charge in [0.1, 0.15) is 22.8 Å². The number of aryl methyl sites for hydroxylation is 1. The number of fused-ring (bicyclic) bond motifs is 1. The normalized spacial score (nSPS) is 11.0. The minimum absolute atomic E-state index is 0.0146. The van der Waals surface area contributed by atoms with Crippen molar-refractivity contribution in [2.45, 2.75) is 6.92 Å². The van der Waals surface area contributed by atoms with Crippen molar-refractivity contribution in [3.05, 3.63) is 64.6 Å². The molecular weight excluding hydrogens is 359 g/mol. The lowest BCUT2D eigenvalue weighted by atomic mass is 10.0. The Hall–Kier alpha value is -3.19. The van der Waals surface area contributed by atoms with E-state index in [0.717, 1.165) is 5.52 Å². The van der Waals surface area contributed by atoms with E-state index in [-0.39, 0.29) is 33.6 Å². The average molecular weight is 371 g/mol. The molecule has 4 rings (SSSR count). The lowest BCUT2D eigenvalue weighted by molar-refractivity contribution is 0.102. The van der Waals surface area contributed by atoms with Gasteiger partial charge in [0.2, 0.25) is 5.95 Å². The Balaban J connectivity index is 1.74. The molecule has 0 bridgehead atoms. The zero-order chi connectivity index (χ0) is 18.3. The molecule has 2 aromatic heterocycles. The molecule has 0 spiro atoms. The first kappa shape index (κ1) is 16.3. The Morgan fingerprint density at radius 1 is 1.23 bits per heavy atom. The number of hydrogen-bond donors (Lipinski definition) is 2. The fourth-order valence-electron chi connectivity index (χ4n) is 2.72. The molecule has 0 aliphatic rings. The van der Waals surface area contributed by atoms with Gasteiger partial charge < -0.3 is 9.51 Å². The summed E-state index contributed by atoms with van der Waals surface area (Å²) in [5.74, 6) is -0.615. The van der Waals surface area contributed by atoms with Crippen molar-refractivity contribution in [2.24, 2.45) is 0 Å². The Labute approximate surface area is 152 Å². The van der Waals surface area contributed by atoms with Crippen molar-refractivity contribution in [2.75, 3.05) is 5.32 Å². The molecular formula is C18H12ClFN4O2. The summed E-state index contributed by atoms with van der Waals surface area (Å²) >= 11 is 6.09. The maximum atomic E-state index is 14.2. The fraction of sp³-hybridized carbons (Fsp3) is 0.0556. The molecule has 0 saturated carbocycles. The van der Waals surface area contributed by atoms with Crippen LogP contribution in [-0.4, -0.2) is 21.0 Å². The van der Waals surface area contributed by atoms with Gasteiger partial charge in [0.25, 0.3) is 5.91 Å². The molecule has 2 aromatic carbocycles. The van der Waals surface area contributed by atoms with Gasteiger partial charge in [-0.1, -0.05) is 35.0 Å². The van der Waals surface area contributed by atoms with Gasteiger partial charge in [-0.2, -0.15) is 0 Å². The minimum Gasteiger partial charge on any atom is -0.360 e. The third-order valence-corrected chi connectivity index (χ3v) is 4.23. The van der Waals surface area contributed by atoms with Crippen LogP contribution in [0.1, 0.15) is 16.1 Å². The first-order chi connectivity index (χ1) is 12.5. The predicted molar refractivity (Wildman–Crippen MR) is 95.7 cm³/mol. The van der Waals surface area contributed by atoms with Crippen LogP contribution in [0.4, 0.5) is 10.3 Å². The summed E-state index contributed by atoms with van der Waals surface area (Å²) in [4.78, 5) is 20.0. The van der Waals surface area contributed by atoms with E-state index in [1.165, 1.54) is 18.2 Å². The van der Waals surface area contributed by atoms with E-state index in [4.69, 9.17) is 16.1 Å². The molecule has 6 nitrogen and oxygen atoms in total. The van der Waals surface area contributed by atoms with Crippen LogP contribution in [0.15, 0.2) is 47.0 Å². The second-order valence-electron chi connectivity index (χ2n) is 5.62. The monoisotopic (exact) mass is 370 g/mol. The Kier molecular flexibility index (Phi) is 3.93. The molecule has 0 radical (unpaired) electrons. The number of rotatable bonds is 3. The molecule has 4 aromatic rings. The Morgan fingerprint density at radius 3 is 2.81 bits per heavy atom. The smallest absolute Gasteiger partial charge is 0.263 e. The number of anilines is 1. The Morgan fingerprint density at radius 2 is 2.04 bits per heavy atom. The van der Waals surface area contributed by atoms with E-state index in [0.29, 0.717) is 5.52 Å². The third kappa shape index (κ3) is 2.72. The van der Waals surface area contributed by atoms with Gasteiger partial charge in [0.05, 0.1) is 21.6 Å². The van der Waals surface area contributed by atoms with Crippen LogP contribution in [-0.2, 0) is 0 Å². The second-order valence-corrected chi connectivity index (χ2v) is 6.02. The van der Waals surface area contributed by atoms with Gasteiger partial charge in [-0.25, -0.2) is 9.37 Å². The number of nitrogens with one attached hydrogen (secondary N) is 2. The highest BCUT2D eigenvalue weighted by Gasteiger charge is 2.26. The molecule has 2 heterocycles. The highest BCUT2D eigenvalue weighted by Crippen LogP contribution is 2.33. The van der Waals surface area contributed by atoms with Crippen LogP contribution in [0, 0.1) is 12.7 Å². The zero-order valence-electron chi connectivity index (χ0n) is 13.5. The summed E-state index contributed by atoms with van der Waals surface area (Å²) in [6.07, 6.45) is 0. The molecule has 8 heteroatoms. The minimum atomic E-state index is -0.594. The molecule has 0 unspecified atom stereocenters. The van der Waals surface area contributed by atoms with Crippen molar-refractivity contribution < 1.29 is 13.7 Å². The predicted octanol–water partition coefficient (Wildman–Crippen LogP) is 4.57. The number of H-pyrrole nitrogens is 1. The lowest BCUT2D eigenvalue weighted by Gasteiger charge is -2.05. The fourth-order valence-corrected chi connectivity index (χ4v) is 2.97. The number of para-hydroxylation sites is 2. The molecule has 26 heavy (non-hydrogen) atoms. The number of aromatic amines is 1. The van der Waals surface area contributed by atoms with Crippen LogP contribution in [0.3, 0.4) is 0 Å². The van der Waals surface area contributed by atoms with E-state index in [1.54, 1.807) is 6.92 Å². The summed E-state index contributed by atoms with van der Waals surface area (Å²) in [5.41, 5.74) is 1.64. The van der Waals surface area contributed by atoms with E-state index in [1.807, 2.05) is 24.3 Å². The third-order valence-electron chi connectivity index (χ3n) is 3.91. The lowest BCUT2D eigenvalue weighted by Crippen LogP contribution is -2.14. The number of imidazole rings is 1. The SMILES string of the molecule is Cc1onc(-c2c(F)cccc2Cl)c1C(=O)Nc1nc2ccccc2[nH]1. The highest BCUT2D eigenvalue weighted by atomic mass is 35.5. The molecule has 1 amide bonds. The molecule has 0 saturated heterocycles. The van der Waals surface area contributed by atoms with Crippen molar-refractivity contribution >= 4 is 34.5 Å². The standard InChI is InChI=1S/C18H12ClFN4O2/c1-9-14(16(24-26-9)15-10(19)5-4-6-11(15)20)17(25)23-18-21-12-7-2-3-8-13(12)22-18/h2-8H,1H3,(H2,21,22,23,25). The van der Waals surface area contributed by atoms with Gasteiger partial charge in [0.15, 0.2) is 0 Å². The quantitative estimate of drug-likeness (QED) is 0.553. The number of nitrogens with zero attached hydrogens (tertiary/aromatic N) is 2. The number of benzene rings is 2. The second kappa shape index (κ2) is 6.27. The Bertz CT molecular complexity index is 1080. The van der Waals surface area contributed by atoms with Crippen molar-refractivity contribution in [1.29, 1.82) is 0 Å². The summed E-state index contributed by atoms with van der Waals surface area (Å²) < 4.78 is 19.4. The first-order valence-electron chi connectivity index (χ1n) is 7.71. The van der Waals surface area contributed by atoms with Crippen LogP contribution in [0.5, 0.6) is 0 Å². The molecule has 0 aliphatic heterocycles. The number of halogens is 2. The van der Waals surface area contributed by atoms with E-state index in [9.17, 15) is 9.18 Å². The molecule has 0 fully saturated rings. The topological polar surface area (TPSA) is 83.8 Å². The van der Waals surface area contributed by atoms with Gasteiger partial charge in [-0.15, -0.1) is 0 Å². The van der Waals surface area contributed by atoms with Crippen LogP contribution >= 0.6 is 11.6 Å². The number of carbonyl (C=O) groups excluding carboxylic acids is 1.